The fourth-order valence-electron chi connectivity index (χ4n) is 4.17. The molecule has 1 aromatic carbocycles. The van der Waals surface area contributed by atoms with Crippen LogP contribution in [0.25, 0.3) is 0 Å². The summed E-state index contributed by atoms with van der Waals surface area (Å²) in [5, 5.41) is 10.9. The molecule has 1 fully saturated rings. The van der Waals surface area contributed by atoms with Gasteiger partial charge in [0.15, 0.2) is 5.96 Å². The Bertz CT molecular complexity index is 812. The van der Waals surface area contributed by atoms with Crippen molar-refractivity contribution in [2.45, 2.75) is 52.5 Å². The molecule has 178 valence electrons. The predicted octanol–water partition coefficient (Wildman–Crippen LogP) is 4.24. The van der Waals surface area contributed by atoms with E-state index < -0.39 is 0 Å². The lowest BCUT2D eigenvalue weighted by molar-refractivity contribution is 0.167. The van der Waals surface area contributed by atoms with E-state index in [0.29, 0.717) is 6.54 Å². The van der Waals surface area contributed by atoms with Crippen molar-refractivity contribution in [1.29, 1.82) is 0 Å². The minimum absolute atomic E-state index is 0. The number of likely N-dealkylation sites (tertiary alicyclic amines) is 1. The van der Waals surface area contributed by atoms with Gasteiger partial charge in [-0.1, -0.05) is 23.7 Å². The van der Waals surface area contributed by atoms with E-state index in [9.17, 15) is 0 Å². The van der Waals surface area contributed by atoms with E-state index in [2.05, 4.69) is 39.7 Å². The van der Waals surface area contributed by atoms with Crippen LogP contribution in [0.15, 0.2) is 33.8 Å². The molecule has 2 N–H and O–H groups in total. The van der Waals surface area contributed by atoms with Crippen LogP contribution >= 0.6 is 24.0 Å². The average Bonchev–Trinajstić information content (AvgIpc) is 3.12. The van der Waals surface area contributed by atoms with Crippen molar-refractivity contribution >= 4 is 29.9 Å². The van der Waals surface area contributed by atoms with Gasteiger partial charge in [-0.15, -0.1) is 24.0 Å². The maximum Gasteiger partial charge on any atom is 0.191 e. The average molecular weight is 556 g/mol. The van der Waals surface area contributed by atoms with Crippen LogP contribution in [0.1, 0.15) is 54.8 Å². The predicted molar refractivity (Wildman–Crippen MR) is 140 cm³/mol. The Balaban J connectivity index is 0.00000363. The molecule has 3 rings (SSSR count). The van der Waals surface area contributed by atoms with Gasteiger partial charge in [-0.05, 0) is 70.8 Å². The molecule has 8 heteroatoms. The van der Waals surface area contributed by atoms with Gasteiger partial charge in [0.05, 0.1) is 25.4 Å². The van der Waals surface area contributed by atoms with Crippen molar-refractivity contribution in [3.05, 3.63) is 46.8 Å². The van der Waals surface area contributed by atoms with Gasteiger partial charge < -0.3 is 19.9 Å². The van der Waals surface area contributed by atoms with Crippen LogP contribution in [0, 0.1) is 13.8 Å². The van der Waals surface area contributed by atoms with Gasteiger partial charge in [0.1, 0.15) is 11.5 Å². The standard InChI is InChI=1S/C24H37N5O2.HI/c1-5-25-24(26-14-13-22-18(2)28-31-19(22)3)27-17-23(29-15-7-6-8-16-29)20-9-11-21(30-4)12-10-20;/h9-12,23H,5-8,13-17H2,1-4H3,(H2,25,26,27);1H. The van der Waals surface area contributed by atoms with Crippen molar-refractivity contribution in [1.82, 2.24) is 20.7 Å². The van der Waals surface area contributed by atoms with Gasteiger partial charge in [-0.2, -0.15) is 0 Å². The van der Waals surface area contributed by atoms with Crippen molar-refractivity contribution in [2.24, 2.45) is 4.99 Å². The molecule has 7 nitrogen and oxygen atoms in total. The lowest BCUT2D eigenvalue weighted by Crippen LogP contribution is -2.40. The second kappa shape index (κ2) is 13.7. The molecule has 2 aromatic rings. The number of nitrogens with one attached hydrogen (secondary N) is 2. The van der Waals surface area contributed by atoms with Crippen LogP contribution in [0.4, 0.5) is 0 Å². The summed E-state index contributed by atoms with van der Waals surface area (Å²) in [6.45, 7) is 10.6. The number of hydrogen-bond donors (Lipinski definition) is 2. The maximum atomic E-state index is 5.34. The number of ether oxygens (including phenoxy) is 1. The number of aryl methyl sites for hydroxylation is 2. The molecule has 1 aliphatic heterocycles. The molecule has 0 amide bonds. The summed E-state index contributed by atoms with van der Waals surface area (Å²) in [5.74, 6) is 2.63. The topological polar surface area (TPSA) is 74.9 Å². The van der Waals surface area contributed by atoms with Crippen LogP contribution < -0.4 is 15.4 Å². The summed E-state index contributed by atoms with van der Waals surface area (Å²) in [5.41, 5.74) is 3.43. The van der Waals surface area contributed by atoms with Crippen molar-refractivity contribution < 1.29 is 9.26 Å². The molecule has 0 bridgehead atoms. The van der Waals surface area contributed by atoms with E-state index in [0.717, 1.165) is 55.8 Å². The van der Waals surface area contributed by atoms with E-state index in [-0.39, 0.29) is 30.0 Å². The third-order valence-corrected chi connectivity index (χ3v) is 5.95. The normalized spacial score (nSPS) is 15.7. The molecule has 0 saturated carbocycles. The van der Waals surface area contributed by atoms with Crippen molar-refractivity contribution in [2.75, 3.05) is 39.8 Å². The molecular formula is C24H38IN5O2. The molecule has 1 unspecified atom stereocenters. The molecule has 1 saturated heterocycles. The fraction of sp³-hybridized carbons (Fsp3) is 0.583. The largest absolute Gasteiger partial charge is 0.497 e. The van der Waals surface area contributed by atoms with Gasteiger partial charge >= 0.3 is 0 Å². The highest BCUT2D eigenvalue weighted by Crippen LogP contribution is 2.26. The van der Waals surface area contributed by atoms with E-state index in [4.69, 9.17) is 14.3 Å². The fourth-order valence-corrected chi connectivity index (χ4v) is 4.17. The minimum Gasteiger partial charge on any atom is -0.497 e. The van der Waals surface area contributed by atoms with Crippen LogP contribution in [-0.4, -0.2) is 55.8 Å². The molecule has 0 radical (unpaired) electrons. The van der Waals surface area contributed by atoms with E-state index in [1.807, 2.05) is 26.0 Å². The highest BCUT2D eigenvalue weighted by atomic mass is 127. The summed E-state index contributed by atoms with van der Waals surface area (Å²) in [6.07, 6.45) is 4.69. The molecule has 32 heavy (non-hydrogen) atoms. The Labute approximate surface area is 209 Å². The molecule has 1 atom stereocenters. The Hall–Kier alpha value is -1.81. The van der Waals surface area contributed by atoms with E-state index >= 15 is 0 Å². The molecule has 2 heterocycles. The van der Waals surface area contributed by atoms with Crippen LogP contribution in [0.5, 0.6) is 5.75 Å². The second-order valence-corrected chi connectivity index (χ2v) is 8.08. The Morgan fingerprint density at radius 3 is 2.47 bits per heavy atom. The number of guanidine groups is 1. The maximum absolute atomic E-state index is 5.34. The van der Waals surface area contributed by atoms with Crippen LogP contribution in [-0.2, 0) is 6.42 Å². The number of aliphatic imine (C=N–C) groups is 1. The van der Waals surface area contributed by atoms with Crippen molar-refractivity contribution in [3.8, 4) is 5.75 Å². The summed E-state index contributed by atoms with van der Waals surface area (Å²) >= 11 is 0. The lowest BCUT2D eigenvalue weighted by Gasteiger charge is -2.34. The third kappa shape index (κ3) is 7.37. The number of piperidine rings is 1. The molecular weight excluding hydrogens is 517 g/mol. The van der Waals surface area contributed by atoms with Gasteiger partial charge in [-0.3, -0.25) is 9.89 Å². The van der Waals surface area contributed by atoms with Gasteiger partial charge in [0.2, 0.25) is 0 Å². The second-order valence-electron chi connectivity index (χ2n) is 8.08. The molecule has 1 aromatic heterocycles. The molecule has 0 spiro atoms. The Morgan fingerprint density at radius 1 is 1.16 bits per heavy atom. The van der Waals surface area contributed by atoms with Gasteiger partial charge in [-0.25, -0.2) is 0 Å². The zero-order valence-electron chi connectivity index (χ0n) is 19.8. The Kier molecular flexibility index (Phi) is 11.3. The molecule has 1 aliphatic rings. The third-order valence-electron chi connectivity index (χ3n) is 5.95. The summed E-state index contributed by atoms with van der Waals surface area (Å²) in [7, 11) is 1.71. The number of hydrogen-bond acceptors (Lipinski definition) is 5. The van der Waals surface area contributed by atoms with Gasteiger partial charge in [0, 0.05) is 18.7 Å². The quantitative estimate of drug-likeness (QED) is 0.274. The SMILES string of the molecule is CCNC(=NCC(c1ccc(OC)cc1)N1CCCCC1)NCCc1c(C)noc1C.I. The first kappa shape index (κ1) is 26.4. The van der Waals surface area contributed by atoms with Crippen LogP contribution in [0.2, 0.25) is 0 Å². The highest BCUT2D eigenvalue weighted by Gasteiger charge is 2.22. The monoisotopic (exact) mass is 555 g/mol. The summed E-state index contributed by atoms with van der Waals surface area (Å²) in [4.78, 5) is 7.53. The minimum atomic E-state index is 0. The van der Waals surface area contributed by atoms with E-state index in [1.165, 1.54) is 30.4 Å². The lowest BCUT2D eigenvalue weighted by atomic mass is 10.0. The first-order chi connectivity index (χ1) is 15.1. The highest BCUT2D eigenvalue weighted by molar-refractivity contribution is 14.0. The smallest absolute Gasteiger partial charge is 0.191 e. The number of rotatable bonds is 9. The number of benzene rings is 1. The van der Waals surface area contributed by atoms with Crippen LogP contribution in [0.3, 0.4) is 0 Å². The zero-order chi connectivity index (χ0) is 22.1. The Morgan fingerprint density at radius 2 is 1.88 bits per heavy atom. The van der Waals surface area contributed by atoms with Gasteiger partial charge in [0.25, 0.3) is 0 Å². The first-order valence-electron chi connectivity index (χ1n) is 11.4. The summed E-state index contributed by atoms with van der Waals surface area (Å²) in [6, 6.07) is 8.70. The zero-order valence-corrected chi connectivity index (χ0v) is 22.1. The number of aromatic nitrogens is 1. The van der Waals surface area contributed by atoms with E-state index in [1.54, 1.807) is 7.11 Å². The number of methoxy groups -OCH3 is 1. The first-order valence-corrected chi connectivity index (χ1v) is 11.4. The van der Waals surface area contributed by atoms with Crippen molar-refractivity contribution in [3.63, 3.8) is 0 Å². The molecule has 0 aliphatic carbocycles. The summed E-state index contributed by atoms with van der Waals surface area (Å²) < 4.78 is 10.6. The number of halogens is 1. The number of nitrogens with zero attached hydrogens (tertiary/aromatic N) is 3.